The molecule has 0 N–H and O–H groups in total. The molecule has 0 saturated carbocycles. The summed E-state index contributed by atoms with van der Waals surface area (Å²) in [5.74, 6) is -0.524. The molecule has 102 valence electrons. The van der Waals surface area contributed by atoms with E-state index in [1.165, 1.54) is 30.0 Å². The third kappa shape index (κ3) is 2.87. The monoisotopic (exact) mass is 295 g/mol. The molecule has 0 atom stereocenters. The Morgan fingerprint density at radius 2 is 1.81 bits per heavy atom. The van der Waals surface area contributed by atoms with Crippen LogP contribution in [0.15, 0.2) is 75.4 Å². The Kier molecular flexibility index (Phi) is 3.82. The third-order valence-corrected chi connectivity index (χ3v) is 4.13. The van der Waals surface area contributed by atoms with Gasteiger partial charge in [-0.25, -0.2) is 9.18 Å². The van der Waals surface area contributed by atoms with Gasteiger partial charge in [-0.3, -0.25) is 0 Å². The fourth-order valence-electron chi connectivity index (χ4n) is 2.10. The summed E-state index contributed by atoms with van der Waals surface area (Å²) in [4.78, 5) is 15.3. The van der Waals surface area contributed by atoms with Crippen LogP contribution >= 0.6 is 11.8 Å². The van der Waals surface area contributed by atoms with Crippen molar-refractivity contribution >= 4 is 34.3 Å². The summed E-state index contributed by atoms with van der Waals surface area (Å²) in [6.07, 6.45) is 1.35. The Bertz CT molecular complexity index is 851. The van der Waals surface area contributed by atoms with E-state index >= 15 is 0 Å². The average molecular weight is 295 g/mol. The number of benzene rings is 3. The molecule has 21 heavy (non-hydrogen) atoms. The first-order valence-electron chi connectivity index (χ1n) is 6.31. The second-order valence-corrected chi connectivity index (χ2v) is 5.51. The second kappa shape index (κ2) is 5.92. The van der Waals surface area contributed by atoms with Gasteiger partial charge in [-0.1, -0.05) is 48.2 Å². The third-order valence-electron chi connectivity index (χ3n) is 3.06. The van der Waals surface area contributed by atoms with Crippen molar-refractivity contribution in [1.82, 2.24) is 0 Å². The largest absolute Gasteiger partial charge is 0.240 e. The van der Waals surface area contributed by atoms with Crippen molar-refractivity contribution in [3.63, 3.8) is 0 Å². The van der Waals surface area contributed by atoms with Crippen LogP contribution in [0.2, 0.25) is 0 Å². The van der Waals surface area contributed by atoms with Gasteiger partial charge in [-0.2, -0.15) is 4.99 Å². The zero-order valence-corrected chi connectivity index (χ0v) is 11.7. The summed E-state index contributed by atoms with van der Waals surface area (Å²) >= 11 is 1.48. The smallest absolute Gasteiger partial charge is 0.211 e. The van der Waals surface area contributed by atoms with E-state index in [9.17, 15) is 9.18 Å². The van der Waals surface area contributed by atoms with E-state index in [1.54, 1.807) is 6.07 Å². The molecule has 3 rings (SSSR count). The maximum Gasteiger partial charge on any atom is 0.240 e. The Morgan fingerprint density at radius 3 is 2.62 bits per heavy atom. The molecule has 0 aromatic heterocycles. The summed E-state index contributed by atoms with van der Waals surface area (Å²) in [6.45, 7) is 0. The maximum absolute atomic E-state index is 13.8. The minimum Gasteiger partial charge on any atom is -0.211 e. The van der Waals surface area contributed by atoms with Crippen molar-refractivity contribution in [3.05, 3.63) is 66.5 Å². The first kappa shape index (κ1) is 13.6. The molecule has 0 radical (unpaired) electrons. The number of carbonyl (C=O) groups excluding carboxylic acids is 1. The van der Waals surface area contributed by atoms with Crippen LogP contribution < -0.4 is 0 Å². The van der Waals surface area contributed by atoms with Crippen LogP contribution in [0.5, 0.6) is 0 Å². The van der Waals surface area contributed by atoms with Crippen LogP contribution in [0.1, 0.15) is 0 Å². The van der Waals surface area contributed by atoms with E-state index in [1.807, 2.05) is 42.5 Å². The van der Waals surface area contributed by atoms with Crippen molar-refractivity contribution < 1.29 is 9.18 Å². The van der Waals surface area contributed by atoms with Crippen molar-refractivity contribution in [1.29, 1.82) is 0 Å². The lowest BCUT2D eigenvalue weighted by Crippen LogP contribution is -1.81. The highest BCUT2D eigenvalue weighted by atomic mass is 32.2. The average Bonchev–Trinajstić information content (AvgIpc) is 2.51. The van der Waals surface area contributed by atoms with Gasteiger partial charge in [0.05, 0.1) is 0 Å². The van der Waals surface area contributed by atoms with Gasteiger partial charge in [0, 0.05) is 9.79 Å². The van der Waals surface area contributed by atoms with E-state index in [2.05, 4.69) is 4.99 Å². The highest BCUT2D eigenvalue weighted by Gasteiger charge is 2.06. The van der Waals surface area contributed by atoms with Crippen molar-refractivity contribution in [3.8, 4) is 0 Å². The molecule has 0 aliphatic carbocycles. The Hall–Kier alpha value is -2.42. The van der Waals surface area contributed by atoms with E-state index in [4.69, 9.17) is 0 Å². The molecule has 0 unspecified atom stereocenters. The number of hydrogen-bond acceptors (Lipinski definition) is 3. The first-order valence-corrected chi connectivity index (χ1v) is 7.12. The molecule has 2 nitrogen and oxygen atoms in total. The first-order chi connectivity index (χ1) is 10.3. The normalized spacial score (nSPS) is 10.3. The van der Waals surface area contributed by atoms with Crippen LogP contribution in [0.25, 0.3) is 10.8 Å². The number of fused-ring (bicyclic) bond motifs is 1. The summed E-state index contributed by atoms with van der Waals surface area (Å²) in [5.41, 5.74) is 0.00673. The van der Waals surface area contributed by atoms with E-state index in [0.29, 0.717) is 0 Å². The molecule has 4 heteroatoms. The van der Waals surface area contributed by atoms with Gasteiger partial charge < -0.3 is 0 Å². The van der Waals surface area contributed by atoms with Gasteiger partial charge in [-0.05, 0) is 35.0 Å². The lowest BCUT2D eigenvalue weighted by Gasteiger charge is -2.06. The van der Waals surface area contributed by atoms with E-state index in [0.717, 1.165) is 20.6 Å². The minimum atomic E-state index is -0.524. The van der Waals surface area contributed by atoms with E-state index in [-0.39, 0.29) is 5.69 Å². The molecular weight excluding hydrogens is 285 g/mol. The van der Waals surface area contributed by atoms with Gasteiger partial charge in [0.2, 0.25) is 6.08 Å². The maximum atomic E-state index is 13.8. The molecule has 3 aromatic rings. The summed E-state index contributed by atoms with van der Waals surface area (Å²) in [7, 11) is 0. The number of rotatable bonds is 3. The predicted octanol–water partition coefficient (Wildman–Crippen LogP) is 5.10. The molecular formula is C17H10FNOS. The zero-order chi connectivity index (χ0) is 14.7. The summed E-state index contributed by atoms with van der Waals surface area (Å²) in [6, 6.07) is 18.7. The highest BCUT2D eigenvalue weighted by Crippen LogP contribution is 2.35. The summed E-state index contributed by atoms with van der Waals surface area (Å²) < 4.78 is 13.8. The van der Waals surface area contributed by atoms with Crippen LogP contribution in [0.3, 0.4) is 0 Å². The van der Waals surface area contributed by atoms with Gasteiger partial charge >= 0.3 is 0 Å². The van der Waals surface area contributed by atoms with Gasteiger partial charge in [0.1, 0.15) is 5.69 Å². The van der Waals surface area contributed by atoms with Crippen molar-refractivity contribution in [2.75, 3.05) is 0 Å². The SMILES string of the molecule is O=C=Nc1ccc(Sc2cccc3ccccc23)cc1F. The minimum absolute atomic E-state index is 0.00673. The molecule has 0 bridgehead atoms. The zero-order valence-electron chi connectivity index (χ0n) is 10.9. The second-order valence-electron chi connectivity index (χ2n) is 4.40. The van der Waals surface area contributed by atoms with Crippen LogP contribution in [-0.2, 0) is 4.79 Å². The molecule has 0 aliphatic heterocycles. The fraction of sp³-hybridized carbons (Fsp3) is 0. The standard InChI is InChI=1S/C17H10FNOS/c18-15-10-13(8-9-16(15)19-11-20)21-17-7-3-5-12-4-1-2-6-14(12)17/h1-10H. The highest BCUT2D eigenvalue weighted by molar-refractivity contribution is 7.99. The van der Waals surface area contributed by atoms with Gasteiger partial charge in [0.15, 0.2) is 5.82 Å². The molecule has 0 aliphatic rings. The molecule has 3 aromatic carbocycles. The lowest BCUT2D eigenvalue weighted by molar-refractivity contribution is 0.564. The number of hydrogen-bond donors (Lipinski definition) is 0. The molecule has 0 heterocycles. The molecule has 0 saturated heterocycles. The number of halogens is 1. The van der Waals surface area contributed by atoms with Crippen LogP contribution in [0.4, 0.5) is 10.1 Å². The van der Waals surface area contributed by atoms with Crippen molar-refractivity contribution in [2.45, 2.75) is 9.79 Å². The van der Waals surface area contributed by atoms with E-state index < -0.39 is 5.82 Å². The van der Waals surface area contributed by atoms with Crippen molar-refractivity contribution in [2.24, 2.45) is 4.99 Å². The topological polar surface area (TPSA) is 29.4 Å². The number of isocyanates is 1. The predicted molar refractivity (Wildman–Crippen MR) is 82.3 cm³/mol. The Morgan fingerprint density at radius 1 is 1.00 bits per heavy atom. The molecule has 0 fully saturated rings. The lowest BCUT2D eigenvalue weighted by atomic mass is 10.1. The van der Waals surface area contributed by atoms with Crippen LogP contribution in [-0.4, -0.2) is 6.08 Å². The van der Waals surface area contributed by atoms with Gasteiger partial charge in [-0.15, -0.1) is 0 Å². The molecule has 0 spiro atoms. The fourth-order valence-corrected chi connectivity index (χ4v) is 3.10. The Labute approximate surface area is 125 Å². The van der Waals surface area contributed by atoms with Crippen LogP contribution in [0, 0.1) is 5.82 Å². The quantitative estimate of drug-likeness (QED) is 0.497. The summed E-state index contributed by atoms with van der Waals surface area (Å²) in [5, 5.41) is 2.27. The van der Waals surface area contributed by atoms with Gasteiger partial charge in [0.25, 0.3) is 0 Å². The molecule has 0 amide bonds. The number of nitrogens with zero attached hydrogens (tertiary/aromatic N) is 1. The Balaban J connectivity index is 1.99. The number of aliphatic imine (C=N–C) groups is 1.